The molecular formula is C45H62N4O13. The molecule has 3 aromatic heterocycles. The van der Waals surface area contributed by atoms with Gasteiger partial charge in [-0.2, -0.15) is 0 Å². The summed E-state index contributed by atoms with van der Waals surface area (Å²) in [6.45, 7) is 9.01. The third-order valence-electron chi connectivity index (χ3n) is 11.5. The number of allylic oxidation sites excluding steroid dienone is 1. The highest BCUT2D eigenvalue weighted by atomic mass is 16.6. The molecule has 0 fully saturated rings. The van der Waals surface area contributed by atoms with Crippen molar-refractivity contribution >= 4 is 30.0 Å². The van der Waals surface area contributed by atoms with Gasteiger partial charge in [0.15, 0.2) is 17.2 Å². The van der Waals surface area contributed by atoms with Crippen LogP contribution in [-0.4, -0.2) is 113 Å². The predicted molar refractivity (Wildman–Crippen MR) is 225 cm³/mol. The minimum atomic E-state index is -1.15. The second-order valence-electron chi connectivity index (χ2n) is 16.1. The van der Waals surface area contributed by atoms with Crippen molar-refractivity contribution in [3.8, 4) is 23.2 Å². The molecule has 17 heteroatoms. The Morgan fingerprint density at radius 2 is 1.63 bits per heavy atom. The molecule has 0 aromatic carbocycles. The highest BCUT2D eigenvalue weighted by Crippen LogP contribution is 2.31. The van der Waals surface area contributed by atoms with Crippen LogP contribution in [0.25, 0.3) is 29.2 Å². The number of fused-ring (bicyclic) bond motifs is 8. The van der Waals surface area contributed by atoms with Gasteiger partial charge < -0.3 is 47.3 Å². The van der Waals surface area contributed by atoms with Gasteiger partial charge in [-0.3, -0.25) is 19.2 Å². The number of carbonyl (C=O) groups is 4. The first-order valence-corrected chi connectivity index (χ1v) is 20.9. The van der Waals surface area contributed by atoms with Crippen LogP contribution in [0.2, 0.25) is 0 Å². The van der Waals surface area contributed by atoms with Crippen LogP contribution < -0.4 is 0 Å². The van der Waals surface area contributed by atoms with Crippen LogP contribution in [0.1, 0.15) is 90.8 Å². The van der Waals surface area contributed by atoms with E-state index >= 15 is 0 Å². The molecule has 1 aliphatic rings. The van der Waals surface area contributed by atoms with E-state index in [0.717, 1.165) is 0 Å². The molecule has 0 aliphatic carbocycles. The Morgan fingerprint density at radius 3 is 2.32 bits per heavy atom. The van der Waals surface area contributed by atoms with Gasteiger partial charge in [-0.05, 0) is 37.3 Å². The Labute approximate surface area is 362 Å². The molecule has 0 radical (unpaired) electrons. The first-order valence-electron chi connectivity index (χ1n) is 20.9. The summed E-state index contributed by atoms with van der Waals surface area (Å²) in [6.07, 6.45) is 10.8. The van der Waals surface area contributed by atoms with Gasteiger partial charge in [-0.25, -0.2) is 15.0 Å². The molecule has 0 spiro atoms. The number of nitrogens with zero attached hydrogens (tertiary/aromatic N) is 4. The molecule has 62 heavy (non-hydrogen) atoms. The summed E-state index contributed by atoms with van der Waals surface area (Å²) in [5, 5.41) is 21.7. The fraction of sp³-hybridized carbons (Fsp3) is 0.578. The fourth-order valence-electron chi connectivity index (χ4n) is 7.28. The zero-order chi connectivity index (χ0) is 45.5. The van der Waals surface area contributed by atoms with Crippen LogP contribution in [0, 0.1) is 29.6 Å². The Balaban J connectivity index is 1.54. The number of aromatic nitrogens is 3. The molecular weight excluding hydrogens is 805 g/mol. The molecule has 11 atom stereocenters. The standard InChI is InChI=1S/C45H62N4O13/c1-26(16-17-36(53)28(3)42(55)27(2)18-19-49(6)25-50)38(57-8)21-39-30(5)37(56-7)14-11-15-40-46-33(23-59-40)44-48-34(24-61-44)45-47-32(22-60-45)43(58-9)29(4)35(52)13-10-12-31(51)20-41(54)62-39/h10-11,13,15,18-19,22-31,37-39,42-43,51,55H,12,14,16-17,20-21H2,1-9H3/t26-,27+,28+,29+,30-,31-,37+,38+,39+,42-,43+/m1/s1. The zero-order valence-corrected chi connectivity index (χ0v) is 37.0. The van der Waals surface area contributed by atoms with Gasteiger partial charge in [0, 0.05) is 65.2 Å². The molecule has 340 valence electrons. The highest BCUT2D eigenvalue weighted by molar-refractivity contribution is 5.92. The maximum absolute atomic E-state index is 13.5. The topological polar surface area (TPSA) is 227 Å². The van der Waals surface area contributed by atoms with Crippen LogP contribution in [0.4, 0.5) is 0 Å². The van der Waals surface area contributed by atoms with Crippen molar-refractivity contribution in [2.75, 3.05) is 28.4 Å². The second kappa shape index (κ2) is 24.0. The molecule has 0 unspecified atom stereocenters. The van der Waals surface area contributed by atoms with Crippen molar-refractivity contribution in [1.82, 2.24) is 19.9 Å². The number of amides is 1. The Hall–Kier alpha value is -5.07. The number of esters is 1. The van der Waals surface area contributed by atoms with Crippen molar-refractivity contribution in [3.05, 3.63) is 60.9 Å². The number of rotatable bonds is 15. The molecule has 4 heterocycles. The third-order valence-corrected chi connectivity index (χ3v) is 11.5. The third kappa shape index (κ3) is 13.7. The smallest absolute Gasteiger partial charge is 0.308 e. The van der Waals surface area contributed by atoms with Crippen LogP contribution in [-0.2, 0) is 38.1 Å². The molecule has 2 N–H and O–H groups in total. The maximum atomic E-state index is 13.5. The summed E-state index contributed by atoms with van der Waals surface area (Å²) in [4.78, 5) is 65.6. The minimum absolute atomic E-state index is 0.00560. The van der Waals surface area contributed by atoms with Gasteiger partial charge in [0.25, 0.3) is 0 Å². The number of ketones is 2. The van der Waals surface area contributed by atoms with Crippen LogP contribution in [0.3, 0.4) is 0 Å². The molecule has 3 aromatic rings. The molecule has 17 nitrogen and oxygen atoms in total. The number of methoxy groups -OCH3 is 3. The van der Waals surface area contributed by atoms with Crippen molar-refractivity contribution in [2.24, 2.45) is 29.6 Å². The molecule has 4 rings (SSSR count). The zero-order valence-electron chi connectivity index (χ0n) is 37.0. The SMILES string of the molecule is CO[C@H]1CC=Cc2nc(co2)-c2nc(co2)-c2nc(co2)[C@@H](OC)[C@@H](C)C(=O)C=CC[C@@H](O)CC(=O)O[C@@H](C[C@H](OC)[C@H](C)CCC(=O)[C@H](C)[C@H](O)[C@@H](C)C=CN(C)C=O)[C@@H]1C. The maximum Gasteiger partial charge on any atom is 0.308 e. The number of Topliss-reactive ketones (excluding diaryl/α,β-unsaturated/α-hetero) is 1. The van der Waals surface area contributed by atoms with Crippen molar-refractivity contribution < 1.29 is 61.6 Å². The summed E-state index contributed by atoms with van der Waals surface area (Å²) in [6, 6.07) is 0. The van der Waals surface area contributed by atoms with E-state index in [4.69, 9.17) is 32.2 Å². The quantitative estimate of drug-likeness (QED) is 0.128. The number of aliphatic hydroxyl groups excluding tert-OH is 2. The summed E-state index contributed by atoms with van der Waals surface area (Å²) in [7, 11) is 6.16. The molecule has 1 aliphatic heterocycles. The van der Waals surface area contributed by atoms with E-state index in [0.29, 0.717) is 36.3 Å². The minimum Gasteiger partial charge on any atom is -0.462 e. The van der Waals surface area contributed by atoms with Crippen molar-refractivity contribution in [1.29, 1.82) is 0 Å². The number of cyclic esters (lactones) is 1. The number of hydrogen-bond acceptors (Lipinski definition) is 16. The van der Waals surface area contributed by atoms with E-state index in [-0.39, 0.29) is 72.7 Å². The molecule has 0 saturated heterocycles. The number of ether oxygens (including phenoxy) is 4. The van der Waals surface area contributed by atoms with Gasteiger partial charge >= 0.3 is 5.97 Å². The van der Waals surface area contributed by atoms with Gasteiger partial charge in [-0.15, -0.1) is 0 Å². The normalized spacial score (nSPS) is 24.4. The van der Waals surface area contributed by atoms with E-state index < -0.39 is 54.4 Å². The van der Waals surface area contributed by atoms with Gasteiger partial charge in [-0.1, -0.05) is 52.8 Å². The Kier molecular flexibility index (Phi) is 19.2. The lowest BCUT2D eigenvalue weighted by molar-refractivity contribution is -0.159. The van der Waals surface area contributed by atoms with Crippen molar-refractivity contribution in [2.45, 2.75) is 110 Å². The summed E-state index contributed by atoms with van der Waals surface area (Å²) >= 11 is 0. The van der Waals surface area contributed by atoms with E-state index in [9.17, 15) is 29.4 Å². The highest BCUT2D eigenvalue weighted by Gasteiger charge is 2.34. The number of carbonyl (C=O) groups excluding carboxylic acids is 4. The average molecular weight is 867 g/mol. The second-order valence-corrected chi connectivity index (χ2v) is 16.1. The van der Waals surface area contributed by atoms with E-state index in [2.05, 4.69) is 15.0 Å². The first-order chi connectivity index (χ1) is 29.6. The molecule has 1 amide bonds. The lowest BCUT2D eigenvalue weighted by Crippen LogP contribution is -2.39. The molecule has 0 saturated carbocycles. The molecule has 6 bridgehead atoms. The fourth-order valence-corrected chi connectivity index (χ4v) is 7.28. The average Bonchev–Trinajstić information content (AvgIpc) is 4.06. The van der Waals surface area contributed by atoms with Gasteiger partial charge in [0.1, 0.15) is 42.5 Å². The Morgan fingerprint density at radius 1 is 0.952 bits per heavy atom. The van der Waals surface area contributed by atoms with Gasteiger partial charge in [0.05, 0.1) is 36.8 Å². The van der Waals surface area contributed by atoms with Crippen molar-refractivity contribution in [3.63, 3.8) is 0 Å². The van der Waals surface area contributed by atoms with E-state index in [1.165, 1.54) is 43.0 Å². The summed E-state index contributed by atoms with van der Waals surface area (Å²) < 4.78 is 40.6. The predicted octanol–water partition coefficient (Wildman–Crippen LogP) is 6.18. The van der Waals surface area contributed by atoms with Crippen LogP contribution in [0.15, 0.2) is 62.5 Å². The Bertz CT molecular complexity index is 1980. The first kappa shape index (κ1) is 49.6. The lowest BCUT2D eigenvalue weighted by atomic mass is 9.84. The number of oxazole rings is 3. The largest absolute Gasteiger partial charge is 0.462 e. The van der Waals surface area contributed by atoms with Gasteiger partial charge in [0.2, 0.25) is 24.1 Å². The van der Waals surface area contributed by atoms with Crippen LogP contribution >= 0.6 is 0 Å². The lowest BCUT2D eigenvalue weighted by Gasteiger charge is -2.33. The number of aliphatic hydroxyl groups is 2. The summed E-state index contributed by atoms with van der Waals surface area (Å²) in [5.74, 6) is -2.71. The monoisotopic (exact) mass is 866 g/mol. The van der Waals surface area contributed by atoms with E-state index in [1.807, 2.05) is 19.9 Å². The van der Waals surface area contributed by atoms with Crippen LogP contribution in [0.5, 0.6) is 0 Å². The number of hydrogen-bond donors (Lipinski definition) is 2. The van der Waals surface area contributed by atoms with E-state index in [1.54, 1.807) is 60.4 Å². The summed E-state index contributed by atoms with van der Waals surface area (Å²) in [5.41, 5.74) is 0.995.